The van der Waals surface area contributed by atoms with Crippen molar-refractivity contribution < 1.29 is 8.42 Å². The summed E-state index contributed by atoms with van der Waals surface area (Å²) in [4.78, 5) is 0. The van der Waals surface area contributed by atoms with E-state index in [1.54, 1.807) is 32.5 Å². The van der Waals surface area contributed by atoms with Crippen molar-refractivity contribution in [1.29, 1.82) is 0 Å². The molecule has 4 nitrogen and oxygen atoms in total. The highest BCUT2D eigenvalue weighted by Gasteiger charge is 2.25. The minimum Gasteiger partial charge on any atom is -0.330 e. The number of hydrogen-bond acceptors (Lipinski definition) is 5. The highest BCUT2D eigenvalue weighted by atomic mass is 35.5. The normalized spacial score (nSPS) is 12.9. The Morgan fingerprint density at radius 2 is 2.11 bits per heavy atom. The van der Waals surface area contributed by atoms with Crippen LogP contribution in [0.2, 0.25) is 5.02 Å². The molecule has 0 aromatic carbocycles. The van der Waals surface area contributed by atoms with Gasteiger partial charge in [0.05, 0.1) is 9.23 Å². The molecule has 0 atom stereocenters. The number of sulfonamides is 1. The fraction of sp³-hybridized carbons (Fsp3) is 0.636. The summed E-state index contributed by atoms with van der Waals surface area (Å²) < 4.78 is 28.0. The van der Waals surface area contributed by atoms with E-state index in [-0.39, 0.29) is 4.21 Å². The molecule has 19 heavy (non-hydrogen) atoms. The second kappa shape index (κ2) is 6.78. The molecule has 1 aromatic heterocycles. The number of rotatable bonds is 6. The highest BCUT2D eigenvalue weighted by molar-refractivity contribution is 8.01. The first-order valence-electron chi connectivity index (χ1n) is 5.82. The quantitative estimate of drug-likeness (QED) is 0.616. The van der Waals surface area contributed by atoms with Gasteiger partial charge in [0.25, 0.3) is 10.0 Å². The lowest BCUT2D eigenvalue weighted by Gasteiger charge is -2.19. The fourth-order valence-electron chi connectivity index (χ4n) is 1.26. The van der Waals surface area contributed by atoms with Crippen LogP contribution < -0.4 is 10.5 Å². The van der Waals surface area contributed by atoms with Crippen LogP contribution in [0, 0.1) is 0 Å². The second-order valence-corrected chi connectivity index (χ2v) is 9.78. The number of nitrogens with one attached hydrogen (secondary N) is 1. The largest absolute Gasteiger partial charge is 0.330 e. The average molecular weight is 343 g/mol. The Morgan fingerprint density at radius 1 is 1.47 bits per heavy atom. The van der Waals surface area contributed by atoms with Crippen molar-refractivity contribution in [3.63, 3.8) is 0 Å². The molecule has 0 aliphatic carbocycles. The third-order valence-electron chi connectivity index (χ3n) is 1.92. The first-order valence-corrected chi connectivity index (χ1v) is 9.48. The standard InChI is InChI=1S/C11H19ClN2O2S3/c1-11(2,3)14-19(15,16)9-7-8(12)10(18-9)17-6-4-5-13/h7,14H,4-6,13H2,1-3H3. The Labute approximate surface area is 128 Å². The van der Waals surface area contributed by atoms with Crippen molar-refractivity contribution in [3.05, 3.63) is 11.1 Å². The van der Waals surface area contributed by atoms with Gasteiger partial charge >= 0.3 is 0 Å². The molecule has 0 saturated carbocycles. The van der Waals surface area contributed by atoms with Crippen LogP contribution in [0.15, 0.2) is 14.5 Å². The zero-order valence-electron chi connectivity index (χ0n) is 11.2. The van der Waals surface area contributed by atoms with Gasteiger partial charge in [0.1, 0.15) is 4.21 Å². The third-order valence-corrected chi connectivity index (χ3v) is 7.18. The van der Waals surface area contributed by atoms with Gasteiger partial charge in [-0.25, -0.2) is 13.1 Å². The number of halogens is 1. The van der Waals surface area contributed by atoms with Gasteiger partial charge in [-0.3, -0.25) is 0 Å². The van der Waals surface area contributed by atoms with Crippen molar-refractivity contribution in [2.75, 3.05) is 12.3 Å². The lowest BCUT2D eigenvalue weighted by Crippen LogP contribution is -2.40. The van der Waals surface area contributed by atoms with E-state index in [2.05, 4.69) is 4.72 Å². The van der Waals surface area contributed by atoms with Crippen LogP contribution in [-0.2, 0) is 10.0 Å². The number of hydrogen-bond donors (Lipinski definition) is 2. The van der Waals surface area contributed by atoms with Crippen LogP contribution in [0.4, 0.5) is 0 Å². The topological polar surface area (TPSA) is 72.2 Å². The molecule has 0 aliphatic rings. The summed E-state index contributed by atoms with van der Waals surface area (Å²) in [5.41, 5.74) is 4.91. The summed E-state index contributed by atoms with van der Waals surface area (Å²) in [6.45, 7) is 6.02. The lowest BCUT2D eigenvalue weighted by molar-refractivity contribution is 0.492. The second-order valence-electron chi connectivity index (χ2n) is 5.05. The maximum atomic E-state index is 12.2. The van der Waals surface area contributed by atoms with Crippen molar-refractivity contribution in [1.82, 2.24) is 4.72 Å². The van der Waals surface area contributed by atoms with Crippen molar-refractivity contribution in [2.45, 2.75) is 41.1 Å². The summed E-state index contributed by atoms with van der Waals surface area (Å²) in [6, 6.07) is 1.51. The Balaban J connectivity index is 2.88. The molecule has 0 amide bonds. The molecule has 0 fully saturated rings. The van der Waals surface area contributed by atoms with Crippen molar-refractivity contribution in [3.8, 4) is 0 Å². The molecular weight excluding hydrogens is 324 g/mol. The van der Waals surface area contributed by atoms with E-state index in [9.17, 15) is 8.42 Å². The molecule has 0 radical (unpaired) electrons. The Kier molecular flexibility index (Phi) is 6.16. The lowest BCUT2D eigenvalue weighted by atomic mass is 10.1. The molecule has 0 bridgehead atoms. The Morgan fingerprint density at radius 3 is 2.63 bits per heavy atom. The molecule has 1 rings (SSSR count). The van der Waals surface area contributed by atoms with Gasteiger partial charge in [0, 0.05) is 11.3 Å². The van der Waals surface area contributed by atoms with E-state index in [0.717, 1.165) is 16.4 Å². The monoisotopic (exact) mass is 342 g/mol. The van der Waals surface area contributed by atoms with Crippen LogP contribution in [0.25, 0.3) is 0 Å². The zero-order valence-corrected chi connectivity index (χ0v) is 14.4. The fourth-order valence-corrected chi connectivity index (χ4v) is 5.90. The first kappa shape index (κ1) is 17.3. The van der Waals surface area contributed by atoms with E-state index in [1.807, 2.05) is 0 Å². The summed E-state index contributed by atoms with van der Waals surface area (Å²) in [5, 5.41) is 0.487. The maximum Gasteiger partial charge on any atom is 0.250 e. The smallest absolute Gasteiger partial charge is 0.250 e. The van der Waals surface area contributed by atoms with E-state index in [0.29, 0.717) is 11.6 Å². The van der Waals surface area contributed by atoms with E-state index in [4.69, 9.17) is 17.3 Å². The predicted octanol–water partition coefficient (Wildman–Crippen LogP) is 2.92. The Hall–Kier alpha value is 0.210. The van der Waals surface area contributed by atoms with Crippen molar-refractivity contribution >= 4 is 44.7 Å². The summed E-state index contributed by atoms with van der Waals surface area (Å²) in [5.74, 6) is 0.836. The Bertz CT molecular complexity index is 521. The van der Waals surface area contributed by atoms with Gasteiger partial charge in [0.2, 0.25) is 0 Å². The average Bonchev–Trinajstić information content (AvgIpc) is 2.58. The SMILES string of the molecule is CC(C)(C)NS(=O)(=O)c1cc(Cl)c(SCCCN)s1. The van der Waals surface area contributed by atoms with Gasteiger partial charge in [-0.1, -0.05) is 11.6 Å². The van der Waals surface area contributed by atoms with Gasteiger partial charge in [-0.2, -0.15) is 0 Å². The first-order chi connectivity index (χ1) is 8.65. The van der Waals surface area contributed by atoms with E-state index in [1.165, 1.54) is 17.4 Å². The maximum absolute atomic E-state index is 12.2. The van der Waals surface area contributed by atoms with Crippen LogP contribution >= 0.6 is 34.7 Å². The molecule has 8 heteroatoms. The minimum atomic E-state index is -3.50. The minimum absolute atomic E-state index is 0.252. The van der Waals surface area contributed by atoms with Gasteiger partial charge in [-0.15, -0.1) is 23.1 Å². The highest BCUT2D eigenvalue weighted by Crippen LogP contribution is 2.38. The molecular formula is C11H19ClN2O2S3. The molecule has 3 N–H and O–H groups in total. The zero-order chi connectivity index (χ0) is 14.7. The molecule has 0 unspecified atom stereocenters. The predicted molar refractivity (Wildman–Crippen MR) is 83.8 cm³/mol. The third kappa shape index (κ3) is 5.61. The summed E-state index contributed by atoms with van der Waals surface area (Å²) in [6.07, 6.45) is 0.876. The number of nitrogens with two attached hydrogens (primary N) is 1. The number of thioether (sulfide) groups is 1. The molecule has 0 spiro atoms. The number of thiophene rings is 1. The summed E-state index contributed by atoms with van der Waals surface area (Å²) in [7, 11) is -3.50. The van der Waals surface area contributed by atoms with Gasteiger partial charge in [0.15, 0.2) is 0 Å². The summed E-state index contributed by atoms with van der Waals surface area (Å²) >= 11 is 8.81. The van der Waals surface area contributed by atoms with Crippen LogP contribution in [0.1, 0.15) is 27.2 Å². The van der Waals surface area contributed by atoms with Gasteiger partial charge < -0.3 is 5.73 Å². The van der Waals surface area contributed by atoms with Crippen LogP contribution in [0.5, 0.6) is 0 Å². The molecule has 0 saturated heterocycles. The van der Waals surface area contributed by atoms with Crippen molar-refractivity contribution in [2.24, 2.45) is 5.73 Å². The molecule has 1 heterocycles. The van der Waals surface area contributed by atoms with Crippen LogP contribution in [-0.4, -0.2) is 26.3 Å². The molecule has 0 aliphatic heterocycles. The van der Waals surface area contributed by atoms with E-state index >= 15 is 0 Å². The van der Waals surface area contributed by atoms with Crippen LogP contribution in [0.3, 0.4) is 0 Å². The molecule has 1 aromatic rings. The van der Waals surface area contributed by atoms with E-state index < -0.39 is 15.6 Å². The van der Waals surface area contributed by atoms with Gasteiger partial charge in [-0.05, 0) is 39.8 Å². The molecule has 110 valence electrons.